The van der Waals surface area contributed by atoms with Gasteiger partial charge in [0.15, 0.2) is 11.6 Å². The molecule has 4 nitrogen and oxygen atoms in total. The van der Waals surface area contributed by atoms with Crippen LogP contribution < -0.4 is 5.32 Å². The molecule has 0 unspecified atom stereocenters. The van der Waals surface area contributed by atoms with Gasteiger partial charge in [0, 0.05) is 23.4 Å². The number of aromatic nitrogens is 2. The van der Waals surface area contributed by atoms with E-state index >= 15 is 0 Å². The summed E-state index contributed by atoms with van der Waals surface area (Å²) in [7, 11) is 0. The van der Waals surface area contributed by atoms with Crippen LogP contribution in [0.2, 0.25) is 0 Å². The molecule has 1 aromatic heterocycles. The summed E-state index contributed by atoms with van der Waals surface area (Å²) in [6.07, 6.45) is 0. The summed E-state index contributed by atoms with van der Waals surface area (Å²) in [4.78, 5) is 12.1. The van der Waals surface area contributed by atoms with E-state index in [-0.39, 0.29) is 17.1 Å². The van der Waals surface area contributed by atoms with E-state index in [1.807, 2.05) is 0 Å². The van der Waals surface area contributed by atoms with E-state index in [4.69, 9.17) is 0 Å². The summed E-state index contributed by atoms with van der Waals surface area (Å²) in [5, 5.41) is 6.60. The third-order valence-corrected chi connectivity index (χ3v) is 3.35. The molecule has 0 bridgehead atoms. The number of hydrogen-bond acceptors (Lipinski definition) is 2. The minimum Gasteiger partial charge on any atom is -0.305 e. The van der Waals surface area contributed by atoms with Crippen molar-refractivity contribution in [1.82, 2.24) is 9.78 Å². The van der Waals surface area contributed by atoms with Gasteiger partial charge in [-0.2, -0.15) is 0 Å². The van der Waals surface area contributed by atoms with Gasteiger partial charge in [-0.1, -0.05) is 6.07 Å². The quantitative estimate of drug-likeness (QED) is 0.792. The van der Waals surface area contributed by atoms with Crippen molar-refractivity contribution in [3.8, 4) is 5.69 Å². The molecule has 1 N–H and O–H groups in total. The average Bonchev–Trinajstić information content (AvgIpc) is 2.87. The lowest BCUT2D eigenvalue weighted by molar-refractivity contribution is 0.102. The summed E-state index contributed by atoms with van der Waals surface area (Å²) < 4.78 is 41.3. The first-order valence-corrected chi connectivity index (χ1v) is 7.03. The van der Waals surface area contributed by atoms with Gasteiger partial charge in [0.1, 0.15) is 17.3 Å². The topological polar surface area (TPSA) is 46.9 Å². The second-order valence-corrected chi connectivity index (χ2v) is 5.14. The number of carbonyl (C=O) groups is 1. The molecule has 7 heteroatoms. The summed E-state index contributed by atoms with van der Waals surface area (Å²) in [5.41, 5.74) is 0.727. The predicted molar refractivity (Wildman–Crippen MR) is 82.6 cm³/mol. The minimum absolute atomic E-state index is 0.0557. The van der Waals surface area contributed by atoms with E-state index in [1.54, 1.807) is 6.92 Å². The monoisotopic (exact) mass is 331 g/mol. The maximum atomic E-state index is 13.9. The van der Waals surface area contributed by atoms with Crippen molar-refractivity contribution in [2.24, 2.45) is 0 Å². The summed E-state index contributed by atoms with van der Waals surface area (Å²) >= 11 is 0. The number of amides is 1. The largest absolute Gasteiger partial charge is 0.305 e. The number of nitrogens with zero attached hydrogens (tertiary/aromatic N) is 2. The van der Waals surface area contributed by atoms with Crippen LogP contribution in [-0.4, -0.2) is 15.7 Å². The Morgan fingerprint density at radius 3 is 2.50 bits per heavy atom. The number of rotatable bonds is 3. The Kier molecular flexibility index (Phi) is 4.07. The number of benzene rings is 2. The van der Waals surface area contributed by atoms with E-state index in [1.165, 1.54) is 35.0 Å². The van der Waals surface area contributed by atoms with Crippen molar-refractivity contribution in [1.29, 1.82) is 0 Å². The van der Waals surface area contributed by atoms with Gasteiger partial charge in [-0.15, -0.1) is 5.10 Å². The van der Waals surface area contributed by atoms with Crippen LogP contribution in [0.15, 0.2) is 48.5 Å². The van der Waals surface area contributed by atoms with Crippen LogP contribution in [0.3, 0.4) is 0 Å². The van der Waals surface area contributed by atoms with E-state index in [0.29, 0.717) is 5.69 Å². The lowest BCUT2D eigenvalue weighted by Crippen LogP contribution is -2.13. The molecule has 1 amide bonds. The molecule has 0 radical (unpaired) electrons. The number of nitrogens with one attached hydrogen (secondary N) is 1. The van der Waals surface area contributed by atoms with Crippen molar-refractivity contribution in [2.45, 2.75) is 6.92 Å². The SMILES string of the molecule is Cc1cc(NC(=O)c2cccc(F)c2)nn1-c1ccc(F)cc1F. The molecule has 0 saturated carbocycles. The van der Waals surface area contributed by atoms with Crippen LogP contribution in [0.25, 0.3) is 5.69 Å². The fourth-order valence-electron chi connectivity index (χ4n) is 2.25. The first kappa shape index (κ1) is 15.8. The molecule has 0 fully saturated rings. The zero-order chi connectivity index (χ0) is 17.3. The number of aryl methyl sites for hydroxylation is 1. The normalized spacial score (nSPS) is 10.7. The van der Waals surface area contributed by atoms with Gasteiger partial charge in [0.05, 0.1) is 0 Å². The Bertz CT molecular complexity index is 921. The average molecular weight is 331 g/mol. The number of anilines is 1. The van der Waals surface area contributed by atoms with Crippen LogP contribution in [0, 0.1) is 24.4 Å². The lowest BCUT2D eigenvalue weighted by Gasteiger charge is -2.05. The van der Waals surface area contributed by atoms with Gasteiger partial charge in [-0.3, -0.25) is 4.79 Å². The van der Waals surface area contributed by atoms with E-state index < -0.39 is 23.4 Å². The van der Waals surface area contributed by atoms with Gasteiger partial charge in [0.2, 0.25) is 0 Å². The van der Waals surface area contributed by atoms with E-state index in [2.05, 4.69) is 10.4 Å². The molecule has 24 heavy (non-hydrogen) atoms. The Hall–Kier alpha value is -3.09. The van der Waals surface area contributed by atoms with Crippen molar-refractivity contribution in [2.75, 3.05) is 5.32 Å². The fraction of sp³-hybridized carbons (Fsp3) is 0.0588. The summed E-state index contributed by atoms with van der Waals surface area (Å²) in [6, 6.07) is 9.85. The molecular weight excluding hydrogens is 319 g/mol. The molecule has 0 spiro atoms. The molecular formula is C17H12F3N3O. The molecule has 0 atom stereocenters. The highest BCUT2D eigenvalue weighted by Crippen LogP contribution is 2.19. The fourth-order valence-corrected chi connectivity index (χ4v) is 2.25. The van der Waals surface area contributed by atoms with Crippen LogP contribution in [0.4, 0.5) is 19.0 Å². The maximum absolute atomic E-state index is 13.9. The van der Waals surface area contributed by atoms with Gasteiger partial charge in [-0.25, -0.2) is 17.9 Å². The summed E-state index contributed by atoms with van der Waals surface area (Å²) in [5.74, 6) is -2.37. The Morgan fingerprint density at radius 1 is 1.04 bits per heavy atom. The Balaban J connectivity index is 1.88. The van der Waals surface area contributed by atoms with Gasteiger partial charge in [-0.05, 0) is 37.3 Å². The van der Waals surface area contributed by atoms with E-state index in [9.17, 15) is 18.0 Å². The third kappa shape index (κ3) is 3.15. The number of hydrogen-bond donors (Lipinski definition) is 1. The second kappa shape index (κ2) is 6.19. The smallest absolute Gasteiger partial charge is 0.256 e. The molecule has 2 aromatic carbocycles. The Labute approximate surface area is 135 Å². The zero-order valence-electron chi connectivity index (χ0n) is 12.6. The molecule has 3 aromatic rings. The minimum atomic E-state index is -0.774. The molecule has 0 saturated heterocycles. The highest BCUT2D eigenvalue weighted by molar-refractivity contribution is 6.03. The highest BCUT2D eigenvalue weighted by atomic mass is 19.1. The van der Waals surface area contributed by atoms with Crippen LogP contribution >= 0.6 is 0 Å². The van der Waals surface area contributed by atoms with Gasteiger partial charge >= 0.3 is 0 Å². The molecule has 0 aliphatic carbocycles. The Morgan fingerprint density at radius 2 is 1.79 bits per heavy atom. The summed E-state index contributed by atoms with van der Waals surface area (Å²) in [6.45, 7) is 1.66. The lowest BCUT2D eigenvalue weighted by atomic mass is 10.2. The standard InChI is InChI=1S/C17H12F3N3O/c1-10-7-16(21-17(24)11-3-2-4-12(18)8-11)22-23(10)15-6-5-13(19)9-14(15)20/h2-9H,1H3,(H,21,22,24). The van der Waals surface area contributed by atoms with Crippen LogP contribution in [0.1, 0.15) is 16.1 Å². The number of halogens is 3. The second-order valence-electron chi connectivity index (χ2n) is 5.14. The molecule has 0 aliphatic heterocycles. The van der Waals surface area contributed by atoms with Crippen molar-refractivity contribution >= 4 is 11.7 Å². The molecule has 122 valence electrons. The van der Waals surface area contributed by atoms with Crippen molar-refractivity contribution < 1.29 is 18.0 Å². The molecule has 1 heterocycles. The van der Waals surface area contributed by atoms with Gasteiger partial charge in [0.25, 0.3) is 5.91 Å². The maximum Gasteiger partial charge on any atom is 0.256 e. The van der Waals surface area contributed by atoms with Crippen molar-refractivity contribution in [3.05, 3.63) is 77.2 Å². The first-order chi connectivity index (χ1) is 11.4. The van der Waals surface area contributed by atoms with Gasteiger partial charge < -0.3 is 5.32 Å². The van der Waals surface area contributed by atoms with Crippen LogP contribution in [-0.2, 0) is 0 Å². The zero-order valence-corrected chi connectivity index (χ0v) is 12.6. The first-order valence-electron chi connectivity index (χ1n) is 7.03. The predicted octanol–water partition coefficient (Wildman–Crippen LogP) is 3.85. The highest BCUT2D eigenvalue weighted by Gasteiger charge is 2.14. The number of carbonyl (C=O) groups excluding carboxylic acids is 1. The molecule has 3 rings (SSSR count). The van der Waals surface area contributed by atoms with Crippen molar-refractivity contribution in [3.63, 3.8) is 0 Å². The molecule has 0 aliphatic rings. The third-order valence-electron chi connectivity index (χ3n) is 3.35. The van der Waals surface area contributed by atoms with Crippen LogP contribution in [0.5, 0.6) is 0 Å². The van der Waals surface area contributed by atoms with E-state index in [0.717, 1.165) is 18.2 Å².